The molecular formula is C22H30O2. The second-order valence-corrected chi connectivity index (χ2v) is 8.26. The Hall–Kier alpha value is -1.96. The van der Waals surface area contributed by atoms with E-state index >= 15 is 0 Å². The van der Waals surface area contributed by atoms with E-state index in [2.05, 4.69) is 59.7 Å². The molecule has 0 spiro atoms. The number of rotatable bonds is 5. The van der Waals surface area contributed by atoms with E-state index in [-0.39, 0.29) is 10.8 Å². The van der Waals surface area contributed by atoms with Gasteiger partial charge in [-0.1, -0.05) is 65.8 Å². The van der Waals surface area contributed by atoms with E-state index < -0.39 is 0 Å². The van der Waals surface area contributed by atoms with Crippen LogP contribution >= 0.6 is 0 Å². The summed E-state index contributed by atoms with van der Waals surface area (Å²) in [6, 6.07) is 16.4. The minimum absolute atomic E-state index is 0.0971. The van der Waals surface area contributed by atoms with Crippen LogP contribution in [-0.2, 0) is 10.8 Å². The molecule has 0 atom stereocenters. The summed E-state index contributed by atoms with van der Waals surface area (Å²) in [4.78, 5) is 0. The first kappa shape index (κ1) is 18.4. The van der Waals surface area contributed by atoms with Crippen LogP contribution in [0.3, 0.4) is 0 Å². The monoisotopic (exact) mass is 326 g/mol. The molecule has 0 amide bonds. The summed E-state index contributed by atoms with van der Waals surface area (Å²) in [5.41, 5.74) is 2.79. The van der Waals surface area contributed by atoms with Crippen LogP contribution in [0, 0.1) is 0 Å². The molecule has 0 saturated heterocycles. The zero-order valence-electron chi connectivity index (χ0n) is 15.8. The van der Waals surface area contributed by atoms with E-state index in [0.717, 1.165) is 11.5 Å². The van der Waals surface area contributed by atoms with E-state index in [4.69, 9.17) is 9.47 Å². The Kier molecular flexibility index (Phi) is 5.58. The van der Waals surface area contributed by atoms with Crippen LogP contribution in [0.4, 0.5) is 0 Å². The van der Waals surface area contributed by atoms with Crippen molar-refractivity contribution < 1.29 is 9.47 Å². The van der Waals surface area contributed by atoms with Crippen molar-refractivity contribution in [2.45, 2.75) is 52.4 Å². The van der Waals surface area contributed by atoms with Crippen LogP contribution in [0.1, 0.15) is 52.7 Å². The highest BCUT2D eigenvalue weighted by atomic mass is 16.5. The lowest BCUT2D eigenvalue weighted by Gasteiger charge is -2.26. The summed E-state index contributed by atoms with van der Waals surface area (Å²) in [6.07, 6.45) is 0. The van der Waals surface area contributed by atoms with Crippen molar-refractivity contribution in [3.05, 3.63) is 59.7 Å². The lowest BCUT2D eigenvalue weighted by atomic mass is 9.80. The molecule has 2 nitrogen and oxygen atoms in total. The quantitative estimate of drug-likeness (QED) is 0.652. The van der Waals surface area contributed by atoms with Crippen molar-refractivity contribution in [2.75, 3.05) is 13.2 Å². The van der Waals surface area contributed by atoms with Crippen molar-refractivity contribution in [3.8, 4) is 11.5 Å². The van der Waals surface area contributed by atoms with Gasteiger partial charge >= 0.3 is 0 Å². The van der Waals surface area contributed by atoms with Gasteiger partial charge in [-0.25, -0.2) is 0 Å². The zero-order valence-corrected chi connectivity index (χ0v) is 15.8. The summed E-state index contributed by atoms with van der Waals surface area (Å²) < 4.78 is 11.7. The van der Waals surface area contributed by atoms with Gasteiger partial charge in [0.05, 0.1) is 0 Å². The van der Waals surface area contributed by atoms with Crippen molar-refractivity contribution in [1.29, 1.82) is 0 Å². The van der Waals surface area contributed by atoms with Gasteiger partial charge in [-0.3, -0.25) is 0 Å². The van der Waals surface area contributed by atoms with Crippen molar-refractivity contribution >= 4 is 0 Å². The third-order valence-corrected chi connectivity index (χ3v) is 4.00. The maximum atomic E-state index is 5.97. The van der Waals surface area contributed by atoms with E-state index in [9.17, 15) is 0 Å². The fourth-order valence-corrected chi connectivity index (χ4v) is 2.38. The second-order valence-electron chi connectivity index (χ2n) is 8.26. The highest BCUT2D eigenvalue weighted by Crippen LogP contribution is 2.32. The maximum absolute atomic E-state index is 5.97. The summed E-state index contributed by atoms with van der Waals surface area (Å²) in [7, 11) is 0. The van der Waals surface area contributed by atoms with Gasteiger partial charge in [-0.15, -0.1) is 0 Å². The zero-order chi connectivity index (χ0) is 17.8. The smallest absolute Gasteiger partial charge is 0.122 e. The van der Waals surface area contributed by atoms with Gasteiger partial charge in [0.25, 0.3) is 0 Å². The maximum Gasteiger partial charge on any atom is 0.122 e. The Morgan fingerprint density at radius 1 is 0.625 bits per heavy atom. The number of para-hydroxylation sites is 1. The molecule has 0 aromatic heterocycles. The van der Waals surface area contributed by atoms with Crippen molar-refractivity contribution in [2.24, 2.45) is 0 Å². The first-order chi connectivity index (χ1) is 11.2. The van der Waals surface area contributed by atoms with E-state index in [0.29, 0.717) is 13.2 Å². The molecule has 0 bridgehead atoms. The van der Waals surface area contributed by atoms with Gasteiger partial charge < -0.3 is 9.47 Å². The largest absolute Gasteiger partial charge is 0.490 e. The molecule has 130 valence electrons. The summed E-state index contributed by atoms with van der Waals surface area (Å²) >= 11 is 0. The average Bonchev–Trinajstić information content (AvgIpc) is 2.51. The molecule has 2 aromatic carbocycles. The molecule has 24 heavy (non-hydrogen) atoms. The molecular weight excluding hydrogens is 296 g/mol. The third kappa shape index (κ3) is 5.30. The highest BCUT2D eigenvalue weighted by Gasteiger charge is 2.20. The van der Waals surface area contributed by atoms with Crippen LogP contribution in [0.15, 0.2) is 48.5 Å². The molecule has 2 rings (SSSR count). The number of ether oxygens (including phenoxy) is 2. The first-order valence-electron chi connectivity index (χ1n) is 8.63. The Labute approximate surface area is 146 Å². The second kappa shape index (κ2) is 7.29. The SMILES string of the molecule is CC(C)(C)c1cc(OCCOc2ccccc2)cc(C(C)(C)C)c1. The molecule has 0 heterocycles. The topological polar surface area (TPSA) is 18.5 Å². The highest BCUT2D eigenvalue weighted by molar-refractivity contribution is 5.40. The van der Waals surface area contributed by atoms with Crippen molar-refractivity contribution in [3.63, 3.8) is 0 Å². The molecule has 2 aromatic rings. The molecule has 0 radical (unpaired) electrons. The predicted octanol–water partition coefficient (Wildman–Crippen LogP) is 5.74. The Bertz CT molecular complexity index is 614. The lowest BCUT2D eigenvalue weighted by Crippen LogP contribution is -2.17. The minimum Gasteiger partial charge on any atom is -0.490 e. The normalized spacial score (nSPS) is 12.1. The van der Waals surface area contributed by atoms with Gasteiger partial charge in [-0.2, -0.15) is 0 Å². The number of hydrogen-bond donors (Lipinski definition) is 0. The van der Waals surface area contributed by atoms with Crippen molar-refractivity contribution in [1.82, 2.24) is 0 Å². The van der Waals surface area contributed by atoms with E-state index in [1.807, 2.05) is 30.3 Å². The third-order valence-electron chi connectivity index (χ3n) is 4.00. The number of hydrogen-bond acceptors (Lipinski definition) is 2. The molecule has 0 fully saturated rings. The summed E-state index contributed by atoms with van der Waals surface area (Å²) in [6.45, 7) is 14.5. The Morgan fingerprint density at radius 3 is 1.54 bits per heavy atom. The van der Waals surface area contributed by atoms with Gasteiger partial charge in [0.2, 0.25) is 0 Å². The lowest BCUT2D eigenvalue weighted by molar-refractivity contribution is 0.216. The van der Waals surface area contributed by atoms with Gasteiger partial charge in [-0.05, 0) is 46.2 Å². The van der Waals surface area contributed by atoms with E-state index in [1.165, 1.54) is 11.1 Å². The number of benzene rings is 2. The summed E-state index contributed by atoms with van der Waals surface area (Å²) in [5.74, 6) is 1.80. The van der Waals surface area contributed by atoms with E-state index in [1.54, 1.807) is 0 Å². The fraction of sp³-hybridized carbons (Fsp3) is 0.455. The Morgan fingerprint density at radius 2 is 1.08 bits per heavy atom. The average molecular weight is 326 g/mol. The van der Waals surface area contributed by atoms with Crippen LogP contribution in [-0.4, -0.2) is 13.2 Å². The fourth-order valence-electron chi connectivity index (χ4n) is 2.38. The molecule has 0 aliphatic rings. The first-order valence-corrected chi connectivity index (χ1v) is 8.63. The van der Waals surface area contributed by atoms with Crippen LogP contribution in [0.25, 0.3) is 0 Å². The van der Waals surface area contributed by atoms with Gasteiger partial charge in [0.15, 0.2) is 0 Å². The summed E-state index contributed by atoms with van der Waals surface area (Å²) in [5, 5.41) is 0. The molecule has 0 N–H and O–H groups in total. The molecule has 0 aliphatic heterocycles. The van der Waals surface area contributed by atoms with Crippen LogP contribution in [0.2, 0.25) is 0 Å². The van der Waals surface area contributed by atoms with Crippen LogP contribution < -0.4 is 9.47 Å². The molecule has 0 saturated carbocycles. The Balaban J connectivity index is 2.06. The standard InChI is InChI=1S/C22H30O2/c1-21(2,3)17-14-18(22(4,5)6)16-20(15-17)24-13-12-23-19-10-8-7-9-11-19/h7-11,14-16H,12-13H2,1-6H3. The molecule has 0 aliphatic carbocycles. The molecule has 2 heteroatoms. The van der Waals surface area contributed by atoms with Gasteiger partial charge in [0, 0.05) is 0 Å². The van der Waals surface area contributed by atoms with Gasteiger partial charge in [0.1, 0.15) is 24.7 Å². The molecule has 0 unspecified atom stereocenters. The predicted molar refractivity (Wildman–Crippen MR) is 101 cm³/mol. The minimum atomic E-state index is 0.0971. The van der Waals surface area contributed by atoms with Crippen LogP contribution in [0.5, 0.6) is 11.5 Å².